The van der Waals surface area contributed by atoms with Crippen LogP contribution in [0.1, 0.15) is 18.4 Å². The Morgan fingerprint density at radius 1 is 1.62 bits per heavy atom. The Hall–Kier alpha value is -1.42. The fourth-order valence-electron chi connectivity index (χ4n) is 1.73. The van der Waals surface area contributed by atoms with Gasteiger partial charge in [0.1, 0.15) is 0 Å². The zero-order valence-electron chi connectivity index (χ0n) is 9.06. The zero-order chi connectivity index (χ0) is 11.5. The molecule has 4 heteroatoms. The predicted octanol–water partition coefficient (Wildman–Crippen LogP) is 1.87. The maximum atomic E-state index is 13.9. The number of rotatable bonds is 5. The van der Waals surface area contributed by atoms with Crippen LogP contribution in [0.15, 0.2) is 24.9 Å². The summed E-state index contributed by atoms with van der Waals surface area (Å²) in [6.07, 6.45) is 5.41. The molecule has 0 atom stereocenters. The molecule has 0 spiro atoms. The van der Waals surface area contributed by atoms with E-state index in [1.807, 2.05) is 4.90 Å². The third kappa shape index (κ3) is 2.07. The third-order valence-corrected chi connectivity index (χ3v) is 2.71. The molecule has 16 heavy (non-hydrogen) atoms. The van der Waals surface area contributed by atoms with Crippen molar-refractivity contribution in [1.29, 1.82) is 0 Å². The largest absolute Gasteiger partial charge is 0.392 e. The van der Waals surface area contributed by atoms with Crippen LogP contribution in [0, 0.1) is 5.82 Å². The van der Waals surface area contributed by atoms with Crippen LogP contribution >= 0.6 is 0 Å². The Labute approximate surface area is 94.2 Å². The molecular formula is C12H15FN2O. The normalized spacial score (nSPS) is 14.9. The van der Waals surface area contributed by atoms with E-state index in [1.165, 1.54) is 12.3 Å². The number of anilines is 1. The lowest BCUT2D eigenvalue weighted by atomic mass is 10.2. The predicted molar refractivity (Wildman–Crippen MR) is 60.7 cm³/mol. The molecule has 2 rings (SSSR count). The van der Waals surface area contributed by atoms with Gasteiger partial charge >= 0.3 is 0 Å². The van der Waals surface area contributed by atoms with Crippen LogP contribution in [0.4, 0.5) is 10.2 Å². The fraction of sp³-hybridized carbons (Fsp3) is 0.417. The van der Waals surface area contributed by atoms with Gasteiger partial charge in [-0.3, -0.25) is 0 Å². The van der Waals surface area contributed by atoms with E-state index in [9.17, 15) is 4.39 Å². The summed E-state index contributed by atoms with van der Waals surface area (Å²) in [6, 6.07) is 1.87. The number of nitrogens with zero attached hydrogens (tertiary/aromatic N) is 2. The second kappa shape index (κ2) is 4.61. The minimum atomic E-state index is -0.418. The number of halogens is 1. The average molecular weight is 222 g/mol. The Bertz CT molecular complexity index is 391. The van der Waals surface area contributed by atoms with E-state index >= 15 is 0 Å². The van der Waals surface area contributed by atoms with E-state index in [4.69, 9.17) is 5.11 Å². The molecule has 0 unspecified atom stereocenters. The first kappa shape index (κ1) is 11.1. The van der Waals surface area contributed by atoms with Crippen LogP contribution in [-0.4, -0.2) is 22.7 Å². The first-order chi connectivity index (χ1) is 7.77. The molecule has 0 aromatic carbocycles. The van der Waals surface area contributed by atoms with Crippen molar-refractivity contribution in [3.05, 3.63) is 36.3 Å². The van der Waals surface area contributed by atoms with Crippen molar-refractivity contribution in [2.24, 2.45) is 0 Å². The van der Waals surface area contributed by atoms with Crippen LogP contribution in [0.5, 0.6) is 0 Å². The number of hydrogen-bond donors (Lipinski definition) is 1. The van der Waals surface area contributed by atoms with Crippen molar-refractivity contribution >= 4 is 5.82 Å². The van der Waals surface area contributed by atoms with Gasteiger partial charge in [-0.15, -0.1) is 6.58 Å². The Morgan fingerprint density at radius 2 is 2.38 bits per heavy atom. The topological polar surface area (TPSA) is 36.4 Å². The molecule has 0 amide bonds. The lowest BCUT2D eigenvalue weighted by Crippen LogP contribution is -2.28. The SMILES string of the molecule is C=CCN(c1nccc(CO)c1F)C1CC1. The minimum absolute atomic E-state index is 0.291. The number of aliphatic hydroxyl groups is 1. The highest BCUT2D eigenvalue weighted by molar-refractivity contribution is 5.46. The van der Waals surface area contributed by atoms with E-state index in [-0.39, 0.29) is 6.61 Å². The number of aliphatic hydroxyl groups excluding tert-OH is 1. The van der Waals surface area contributed by atoms with Crippen molar-refractivity contribution < 1.29 is 9.50 Å². The quantitative estimate of drug-likeness (QED) is 0.773. The summed E-state index contributed by atoms with van der Waals surface area (Å²) in [5.41, 5.74) is 0.291. The highest BCUT2D eigenvalue weighted by Crippen LogP contribution is 2.32. The number of aromatic nitrogens is 1. The van der Waals surface area contributed by atoms with Gasteiger partial charge in [0, 0.05) is 24.3 Å². The second-order valence-corrected chi connectivity index (χ2v) is 3.94. The number of hydrogen-bond acceptors (Lipinski definition) is 3. The smallest absolute Gasteiger partial charge is 0.171 e. The van der Waals surface area contributed by atoms with Crippen molar-refractivity contribution in [3.8, 4) is 0 Å². The Kier molecular flexibility index (Phi) is 3.19. The minimum Gasteiger partial charge on any atom is -0.392 e. The van der Waals surface area contributed by atoms with Crippen molar-refractivity contribution in [2.45, 2.75) is 25.5 Å². The molecule has 1 aliphatic carbocycles. The van der Waals surface area contributed by atoms with Gasteiger partial charge in [0.05, 0.1) is 6.61 Å². The lowest BCUT2D eigenvalue weighted by Gasteiger charge is -2.22. The molecule has 3 nitrogen and oxygen atoms in total. The van der Waals surface area contributed by atoms with Crippen LogP contribution < -0.4 is 4.90 Å². The van der Waals surface area contributed by atoms with Gasteiger partial charge in [0.25, 0.3) is 0 Å². The van der Waals surface area contributed by atoms with Crippen LogP contribution in [0.2, 0.25) is 0 Å². The molecule has 0 bridgehead atoms. The molecule has 1 saturated carbocycles. The van der Waals surface area contributed by atoms with Crippen LogP contribution in [-0.2, 0) is 6.61 Å². The molecule has 1 aromatic heterocycles. The van der Waals surface area contributed by atoms with Gasteiger partial charge in [-0.25, -0.2) is 9.37 Å². The van der Waals surface area contributed by atoms with Gasteiger partial charge in [-0.05, 0) is 18.9 Å². The van der Waals surface area contributed by atoms with Gasteiger partial charge in [-0.1, -0.05) is 6.08 Å². The van der Waals surface area contributed by atoms with Crippen LogP contribution in [0.25, 0.3) is 0 Å². The van der Waals surface area contributed by atoms with Gasteiger partial charge < -0.3 is 10.0 Å². The van der Waals surface area contributed by atoms with E-state index < -0.39 is 5.82 Å². The van der Waals surface area contributed by atoms with Crippen molar-refractivity contribution in [1.82, 2.24) is 4.98 Å². The molecular weight excluding hydrogens is 207 g/mol. The lowest BCUT2D eigenvalue weighted by molar-refractivity contribution is 0.275. The molecule has 0 saturated heterocycles. The zero-order valence-corrected chi connectivity index (χ0v) is 9.06. The van der Waals surface area contributed by atoms with E-state index in [0.29, 0.717) is 24.0 Å². The van der Waals surface area contributed by atoms with Gasteiger partial charge in [-0.2, -0.15) is 0 Å². The summed E-state index contributed by atoms with van der Waals surface area (Å²) < 4.78 is 13.9. The highest BCUT2D eigenvalue weighted by atomic mass is 19.1. The molecule has 1 aromatic rings. The molecule has 86 valence electrons. The first-order valence-corrected chi connectivity index (χ1v) is 5.39. The van der Waals surface area contributed by atoms with E-state index in [1.54, 1.807) is 6.08 Å². The summed E-state index contributed by atoms with van der Waals surface area (Å²) in [6.45, 7) is 3.96. The summed E-state index contributed by atoms with van der Waals surface area (Å²) in [5, 5.41) is 9.00. The van der Waals surface area contributed by atoms with E-state index in [0.717, 1.165) is 12.8 Å². The summed E-state index contributed by atoms with van der Waals surface area (Å²) in [5.74, 6) is -0.0901. The summed E-state index contributed by atoms with van der Waals surface area (Å²) >= 11 is 0. The van der Waals surface area contributed by atoms with Crippen molar-refractivity contribution in [2.75, 3.05) is 11.4 Å². The number of pyridine rings is 1. The molecule has 1 N–H and O–H groups in total. The fourth-order valence-corrected chi connectivity index (χ4v) is 1.73. The maximum absolute atomic E-state index is 13.9. The van der Waals surface area contributed by atoms with E-state index in [2.05, 4.69) is 11.6 Å². The molecule has 0 radical (unpaired) electrons. The molecule has 1 heterocycles. The molecule has 1 aliphatic rings. The van der Waals surface area contributed by atoms with Gasteiger partial charge in [0.2, 0.25) is 0 Å². The average Bonchev–Trinajstić information content (AvgIpc) is 3.11. The molecule has 1 fully saturated rings. The summed E-state index contributed by atoms with van der Waals surface area (Å²) in [7, 11) is 0. The van der Waals surface area contributed by atoms with Crippen LogP contribution in [0.3, 0.4) is 0 Å². The highest BCUT2D eigenvalue weighted by Gasteiger charge is 2.31. The Balaban J connectivity index is 2.32. The maximum Gasteiger partial charge on any atom is 0.171 e. The van der Waals surface area contributed by atoms with Crippen molar-refractivity contribution in [3.63, 3.8) is 0 Å². The molecule has 0 aliphatic heterocycles. The Morgan fingerprint density at radius 3 is 2.94 bits per heavy atom. The third-order valence-electron chi connectivity index (χ3n) is 2.71. The first-order valence-electron chi connectivity index (χ1n) is 5.39. The summed E-state index contributed by atoms with van der Waals surface area (Å²) in [4.78, 5) is 5.96. The van der Waals surface area contributed by atoms with Gasteiger partial charge in [0.15, 0.2) is 11.6 Å². The second-order valence-electron chi connectivity index (χ2n) is 3.94. The monoisotopic (exact) mass is 222 g/mol. The standard InChI is InChI=1S/C12H15FN2O/c1-2-7-15(10-3-4-10)12-11(13)9(8-16)5-6-14-12/h2,5-6,10,16H,1,3-4,7-8H2.